The van der Waals surface area contributed by atoms with Gasteiger partial charge in [0.1, 0.15) is 13.1 Å². The number of aliphatic carboxylic acids is 1. The van der Waals surface area contributed by atoms with Gasteiger partial charge < -0.3 is 21.1 Å². The van der Waals surface area contributed by atoms with Gasteiger partial charge in [0.25, 0.3) is 0 Å². The van der Waals surface area contributed by atoms with E-state index in [0.29, 0.717) is 12.5 Å². The highest BCUT2D eigenvalue weighted by Crippen LogP contribution is 2.05. The Morgan fingerprint density at radius 3 is 2.17 bits per heavy atom. The van der Waals surface area contributed by atoms with Gasteiger partial charge in [-0.05, 0) is 5.92 Å². The molecule has 7 nitrogen and oxygen atoms in total. The molecular formula is C11H21N3O4. The van der Waals surface area contributed by atoms with Crippen molar-refractivity contribution in [2.24, 2.45) is 11.7 Å². The van der Waals surface area contributed by atoms with E-state index in [0.717, 1.165) is 17.7 Å². The molecule has 0 rings (SSSR count). The first kappa shape index (κ1) is 16.2. The molecule has 7 heteroatoms. The van der Waals surface area contributed by atoms with Crippen LogP contribution < -0.4 is 11.1 Å². The smallest absolute Gasteiger partial charge is 0.323 e. The monoisotopic (exact) mass is 259 g/mol. The predicted molar refractivity (Wildman–Crippen MR) is 65.9 cm³/mol. The van der Waals surface area contributed by atoms with E-state index in [1.54, 1.807) is 0 Å². The van der Waals surface area contributed by atoms with Crippen molar-refractivity contribution >= 4 is 17.9 Å². The van der Waals surface area contributed by atoms with Gasteiger partial charge in [-0.1, -0.05) is 26.7 Å². The van der Waals surface area contributed by atoms with Crippen LogP contribution in [0.3, 0.4) is 0 Å². The molecule has 0 unspecified atom stereocenters. The number of urea groups is 1. The van der Waals surface area contributed by atoms with Crippen molar-refractivity contribution in [1.82, 2.24) is 10.2 Å². The quantitative estimate of drug-likeness (QED) is 0.569. The van der Waals surface area contributed by atoms with Crippen LogP contribution in [0, 0.1) is 5.92 Å². The van der Waals surface area contributed by atoms with Crippen molar-refractivity contribution in [2.45, 2.75) is 26.7 Å². The Kier molecular flexibility index (Phi) is 7.50. The molecule has 0 bridgehead atoms. The van der Waals surface area contributed by atoms with Crippen LogP contribution in [0.5, 0.6) is 0 Å². The molecule has 18 heavy (non-hydrogen) atoms. The lowest BCUT2D eigenvalue weighted by Crippen LogP contribution is -2.47. The van der Waals surface area contributed by atoms with Crippen molar-refractivity contribution in [1.29, 1.82) is 0 Å². The highest BCUT2D eigenvalue weighted by atomic mass is 16.4. The lowest BCUT2D eigenvalue weighted by atomic mass is 10.0. The summed E-state index contributed by atoms with van der Waals surface area (Å²) in [5.41, 5.74) is 4.96. The SMILES string of the molecule is CCC(CC)CNC(=O)N(CC(N)=O)CC(=O)O. The molecule has 0 fully saturated rings. The largest absolute Gasteiger partial charge is 0.480 e. The summed E-state index contributed by atoms with van der Waals surface area (Å²) in [5, 5.41) is 11.3. The average Bonchev–Trinajstić information content (AvgIpc) is 2.28. The van der Waals surface area contributed by atoms with Crippen molar-refractivity contribution < 1.29 is 19.5 Å². The lowest BCUT2D eigenvalue weighted by Gasteiger charge is -2.21. The summed E-state index contributed by atoms with van der Waals surface area (Å²) < 4.78 is 0. The Balaban J connectivity index is 4.36. The zero-order valence-corrected chi connectivity index (χ0v) is 10.8. The minimum absolute atomic E-state index is 0.342. The summed E-state index contributed by atoms with van der Waals surface area (Å²) in [5.74, 6) is -1.59. The normalized spacial score (nSPS) is 10.2. The van der Waals surface area contributed by atoms with Crippen LogP contribution in [0.15, 0.2) is 0 Å². The van der Waals surface area contributed by atoms with Gasteiger partial charge in [0, 0.05) is 6.54 Å². The van der Waals surface area contributed by atoms with Crippen LogP contribution in [-0.4, -0.2) is 47.5 Å². The molecule has 0 radical (unpaired) electrons. The minimum Gasteiger partial charge on any atom is -0.480 e. The number of primary amides is 1. The number of hydrogen-bond acceptors (Lipinski definition) is 3. The minimum atomic E-state index is -1.19. The summed E-state index contributed by atoms with van der Waals surface area (Å²) in [4.78, 5) is 33.9. The zero-order valence-electron chi connectivity index (χ0n) is 10.8. The van der Waals surface area contributed by atoms with Crippen LogP contribution in [0.1, 0.15) is 26.7 Å². The average molecular weight is 259 g/mol. The van der Waals surface area contributed by atoms with Gasteiger partial charge in [0.2, 0.25) is 5.91 Å². The standard InChI is InChI=1S/C11H21N3O4/c1-3-8(4-2)5-13-11(18)14(6-9(12)15)7-10(16)17/h8H,3-7H2,1-2H3,(H2,12,15)(H,13,18)(H,16,17). The third-order valence-corrected chi connectivity index (χ3v) is 2.66. The second-order valence-corrected chi connectivity index (χ2v) is 4.08. The highest BCUT2D eigenvalue weighted by Gasteiger charge is 2.19. The van der Waals surface area contributed by atoms with Crippen molar-refractivity contribution in [3.63, 3.8) is 0 Å². The molecule has 0 aromatic heterocycles. The first-order valence-corrected chi connectivity index (χ1v) is 5.93. The second kappa shape index (κ2) is 8.32. The molecule has 0 aromatic carbocycles. The molecule has 0 saturated carbocycles. The summed E-state index contributed by atoms with van der Waals surface area (Å²) in [6.07, 6.45) is 1.84. The van der Waals surface area contributed by atoms with E-state index in [1.165, 1.54) is 0 Å². The number of nitrogens with zero attached hydrogens (tertiary/aromatic N) is 1. The molecule has 0 aliphatic carbocycles. The van der Waals surface area contributed by atoms with Gasteiger partial charge in [-0.3, -0.25) is 9.59 Å². The maximum Gasteiger partial charge on any atom is 0.323 e. The third-order valence-electron chi connectivity index (χ3n) is 2.66. The summed E-state index contributed by atoms with van der Waals surface area (Å²) in [7, 11) is 0. The molecule has 0 aliphatic heterocycles. The van der Waals surface area contributed by atoms with Crippen LogP contribution in [0.4, 0.5) is 4.79 Å². The van der Waals surface area contributed by atoms with Crippen molar-refractivity contribution in [2.75, 3.05) is 19.6 Å². The number of hydrogen-bond donors (Lipinski definition) is 3. The van der Waals surface area contributed by atoms with Gasteiger partial charge >= 0.3 is 12.0 Å². The molecule has 104 valence electrons. The number of carbonyl (C=O) groups excluding carboxylic acids is 2. The molecular weight excluding hydrogens is 238 g/mol. The predicted octanol–water partition coefficient (Wildman–Crippen LogP) is 0.00410. The van der Waals surface area contributed by atoms with E-state index in [4.69, 9.17) is 10.8 Å². The van der Waals surface area contributed by atoms with Crippen LogP contribution >= 0.6 is 0 Å². The number of nitrogens with two attached hydrogens (primary N) is 1. The number of nitrogens with one attached hydrogen (secondary N) is 1. The Labute approximate surface area is 106 Å². The fraction of sp³-hybridized carbons (Fsp3) is 0.727. The van der Waals surface area contributed by atoms with E-state index in [-0.39, 0.29) is 0 Å². The van der Waals surface area contributed by atoms with Gasteiger partial charge in [-0.25, -0.2) is 4.79 Å². The van der Waals surface area contributed by atoms with Gasteiger partial charge in [-0.15, -0.1) is 0 Å². The van der Waals surface area contributed by atoms with Crippen LogP contribution in [-0.2, 0) is 9.59 Å². The van der Waals surface area contributed by atoms with E-state index in [2.05, 4.69) is 5.32 Å². The maximum absolute atomic E-state index is 11.7. The molecule has 4 N–H and O–H groups in total. The Morgan fingerprint density at radius 2 is 1.78 bits per heavy atom. The fourth-order valence-corrected chi connectivity index (χ4v) is 1.47. The van der Waals surface area contributed by atoms with Crippen LogP contribution in [0.2, 0.25) is 0 Å². The molecule has 0 aliphatic rings. The van der Waals surface area contributed by atoms with Gasteiger partial charge in [-0.2, -0.15) is 0 Å². The van der Waals surface area contributed by atoms with Crippen molar-refractivity contribution in [3.8, 4) is 0 Å². The Morgan fingerprint density at radius 1 is 1.22 bits per heavy atom. The van der Waals surface area contributed by atoms with Crippen LogP contribution in [0.25, 0.3) is 0 Å². The summed E-state index contributed by atoms with van der Waals surface area (Å²) >= 11 is 0. The first-order chi connectivity index (χ1) is 8.40. The maximum atomic E-state index is 11.7. The first-order valence-electron chi connectivity index (χ1n) is 5.93. The number of carbonyl (C=O) groups is 3. The van der Waals surface area contributed by atoms with E-state index >= 15 is 0 Å². The highest BCUT2D eigenvalue weighted by molar-refractivity contribution is 5.85. The summed E-state index contributed by atoms with van der Waals surface area (Å²) in [6, 6.07) is -0.580. The molecule has 3 amide bonds. The zero-order chi connectivity index (χ0) is 14.1. The van der Waals surface area contributed by atoms with E-state index in [1.807, 2.05) is 13.8 Å². The molecule has 0 saturated heterocycles. The molecule has 0 heterocycles. The fourth-order valence-electron chi connectivity index (χ4n) is 1.47. The third kappa shape index (κ3) is 6.72. The van der Waals surface area contributed by atoms with Gasteiger partial charge in [0.15, 0.2) is 0 Å². The molecule has 0 atom stereocenters. The lowest BCUT2D eigenvalue weighted by molar-refractivity contribution is -0.137. The number of amides is 3. The Hall–Kier alpha value is -1.79. The topological polar surface area (TPSA) is 113 Å². The number of carboxylic acid groups (broad SMARTS) is 1. The molecule has 0 spiro atoms. The van der Waals surface area contributed by atoms with Crippen molar-refractivity contribution in [3.05, 3.63) is 0 Å². The van der Waals surface area contributed by atoms with Gasteiger partial charge in [0.05, 0.1) is 0 Å². The summed E-state index contributed by atoms with van der Waals surface area (Å²) in [6.45, 7) is 3.54. The second-order valence-electron chi connectivity index (χ2n) is 4.08. The Bertz CT molecular complexity index is 287. The van der Waals surface area contributed by atoms with E-state index < -0.39 is 31.0 Å². The number of carboxylic acids is 1. The molecule has 0 aromatic rings. The number of rotatable bonds is 8. The van der Waals surface area contributed by atoms with E-state index in [9.17, 15) is 14.4 Å².